The molecule has 4 heteroatoms. The molecular formula is C45H42BNO2. The molecule has 0 radical (unpaired) electrons. The molecule has 2 aliphatic rings. The van der Waals surface area contributed by atoms with Crippen LogP contribution in [0.25, 0.3) is 33.4 Å². The van der Waals surface area contributed by atoms with Gasteiger partial charge in [-0.15, -0.1) is 0 Å². The highest BCUT2D eigenvalue weighted by atomic mass is 16.7. The fraction of sp³-hybridized carbons (Fsp3) is 0.200. The van der Waals surface area contributed by atoms with Crippen molar-refractivity contribution < 1.29 is 9.31 Å². The fourth-order valence-corrected chi connectivity index (χ4v) is 7.40. The number of hydrogen-bond donors (Lipinski definition) is 0. The Morgan fingerprint density at radius 2 is 0.959 bits per heavy atom. The molecule has 1 aliphatic carbocycles. The summed E-state index contributed by atoms with van der Waals surface area (Å²) in [4.78, 5) is 2.41. The maximum Gasteiger partial charge on any atom is 0.494 e. The average Bonchev–Trinajstić information content (AvgIpc) is 3.48. The Labute approximate surface area is 291 Å². The van der Waals surface area contributed by atoms with Crippen LogP contribution in [0.15, 0.2) is 146 Å². The second-order valence-corrected chi connectivity index (χ2v) is 14.9. The second-order valence-electron chi connectivity index (χ2n) is 14.9. The highest BCUT2D eigenvalue weighted by Gasteiger charge is 2.52. The largest absolute Gasteiger partial charge is 0.494 e. The normalized spacial score (nSPS) is 16.7. The summed E-state index contributed by atoms with van der Waals surface area (Å²) in [6, 6.07) is 52.6. The SMILES string of the molecule is CC1(C)c2cc(B3OC(C)(C)C(C)(C)O3)ccc2-c2ccc(N(c3ccc(-c4ccccc4)cc3)c3ccccc3-c3ccccc3)cc21. The number of benzene rings is 6. The molecule has 0 bridgehead atoms. The summed E-state index contributed by atoms with van der Waals surface area (Å²) in [7, 11) is -0.394. The van der Waals surface area contributed by atoms with E-state index in [-0.39, 0.29) is 16.6 Å². The van der Waals surface area contributed by atoms with Crippen molar-refractivity contribution in [3.05, 3.63) is 157 Å². The quantitative estimate of drug-likeness (QED) is 0.169. The van der Waals surface area contributed by atoms with Crippen molar-refractivity contribution in [1.29, 1.82) is 0 Å². The molecule has 0 amide bonds. The van der Waals surface area contributed by atoms with Gasteiger partial charge in [-0.1, -0.05) is 129 Å². The zero-order valence-corrected chi connectivity index (χ0v) is 29.2. The number of anilines is 3. The molecule has 0 aromatic heterocycles. The topological polar surface area (TPSA) is 21.7 Å². The van der Waals surface area contributed by atoms with Gasteiger partial charge in [0.25, 0.3) is 0 Å². The van der Waals surface area contributed by atoms with Crippen LogP contribution >= 0.6 is 0 Å². The van der Waals surface area contributed by atoms with Gasteiger partial charge in [-0.25, -0.2) is 0 Å². The zero-order valence-electron chi connectivity index (χ0n) is 29.2. The maximum absolute atomic E-state index is 6.46. The van der Waals surface area contributed by atoms with Gasteiger partial charge in [0.2, 0.25) is 0 Å². The van der Waals surface area contributed by atoms with E-state index in [0.29, 0.717) is 0 Å². The third-order valence-corrected chi connectivity index (χ3v) is 10.9. The van der Waals surface area contributed by atoms with Crippen LogP contribution in [-0.2, 0) is 14.7 Å². The van der Waals surface area contributed by atoms with E-state index < -0.39 is 7.12 Å². The van der Waals surface area contributed by atoms with Gasteiger partial charge in [0, 0.05) is 22.4 Å². The monoisotopic (exact) mass is 639 g/mol. The first-order valence-electron chi connectivity index (χ1n) is 17.3. The highest BCUT2D eigenvalue weighted by molar-refractivity contribution is 6.62. The molecular weight excluding hydrogens is 597 g/mol. The van der Waals surface area contributed by atoms with Crippen LogP contribution in [0.2, 0.25) is 0 Å². The molecule has 0 atom stereocenters. The summed E-state index contributed by atoms with van der Waals surface area (Å²) in [5, 5.41) is 0. The van der Waals surface area contributed by atoms with Gasteiger partial charge in [0.1, 0.15) is 0 Å². The van der Waals surface area contributed by atoms with E-state index in [4.69, 9.17) is 9.31 Å². The Balaban J connectivity index is 1.23. The molecule has 3 nitrogen and oxygen atoms in total. The smallest absolute Gasteiger partial charge is 0.399 e. The van der Waals surface area contributed by atoms with Crippen molar-refractivity contribution in [2.75, 3.05) is 4.90 Å². The minimum atomic E-state index is -0.394. The number of fused-ring (bicyclic) bond motifs is 3. The predicted octanol–water partition coefficient (Wildman–Crippen LogP) is 11.1. The maximum atomic E-state index is 6.46. The Hall–Kier alpha value is -4.90. The molecule has 6 aromatic carbocycles. The minimum absolute atomic E-state index is 0.220. The van der Waals surface area contributed by atoms with E-state index in [1.807, 2.05) is 0 Å². The lowest BCUT2D eigenvalue weighted by Gasteiger charge is -2.32. The Kier molecular flexibility index (Phi) is 7.44. The summed E-state index contributed by atoms with van der Waals surface area (Å²) in [5.74, 6) is 0. The van der Waals surface area contributed by atoms with Crippen LogP contribution in [0.5, 0.6) is 0 Å². The van der Waals surface area contributed by atoms with Gasteiger partial charge in [-0.2, -0.15) is 0 Å². The molecule has 1 fully saturated rings. The average molecular weight is 640 g/mol. The second kappa shape index (κ2) is 11.6. The first kappa shape index (κ1) is 31.4. The van der Waals surface area contributed by atoms with Crippen LogP contribution < -0.4 is 10.4 Å². The fourth-order valence-electron chi connectivity index (χ4n) is 7.40. The van der Waals surface area contributed by atoms with Gasteiger partial charge in [0.05, 0.1) is 16.9 Å². The Morgan fingerprint density at radius 3 is 1.61 bits per heavy atom. The van der Waals surface area contributed by atoms with Gasteiger partial charge >= 0.3 is 7.12 Å². The first-order chi connectivity index (χ1) is 23.5. The van der Waals surface area contributed by atoms with E-state index in [9.17, 15) is 0 Å². The molecule has 0 saturated carbocycles. The molecule has 49 heavy (non-hydrogen) atoms. The Morgan fingerprint density at radius 1 is 0.449 bits per heavy atom. The summed E-state index contributed by atoms with van der Waals surface area (Å²) in [6.45, 7) is 13.1. The van der Waals surface area contributed by atoms with Crippen LogP contribution in [-0.4, -0.2) is 18.3 Å². The zero-order chi connectivity index (χ0) is 34.0. The molecule has 8 rings (SSSR count). The summed E-state index contributed by atoms with van der Waals surface area (Å²) < 4.78 is 12.9. The summed E-state index contributed by atoms with van der Waals surface area (Å²) in [5.41, 5.74) is 13.4. The molecule has 1 aliphatic heterocycles. The van der Waals surface area contributed by atoms with Gasteiger partial charge in [0.15, 0.2) is 0 Å². The molecule has 1 heterocycles. The van der Waals surface area contributed by atoms with Crippen molar-refractivity contribution in [3.63, 3.8) is 0 Å². The molecule has 1 saturated heterocycles. The lowest BCUT2D eigenvalue weighted by atomic mass is 9.74. The van der Waals surface area contributed by atoms with E-state index in [0.717, 1.165) is 22.5 Å². The van der Waals surface area contributed by atoms with Gasteiger partial charge in [-0.3, -0.25) is 0 Å². The molecule has 0 spiro atoms. The number of nitrogens with zero attached hydrogens (tertiary/aromatic N) is 1. The standard InChI is InChI=1S/C45H42BNO2/c1-43(2)40-29-34(46-48-44(3,4)45(5,6)49-46)23-27-38(40)39-28-26-36(30-41(39)43)47(35-24-21-32(22-25-35)31-15-9-7-10-16-31)42-20-14-13-19-37(42)33-17-11-8-12-18-33/h7-30H,1-6H3. The van der Waals surface area contributed by atoms with Crippen LogP contribution in [0, 0.1) is 0 Å². The Bertz CT molecular complexity index is 2140. The number of para-hydroxylation sites is 1. The highest BCUT2D eigenvalue weighted by Crippen LogP contribution is 2.51. The molecule has 242 valence electrons. The van der Waals surface area contributed by atoms with Crippen molar-refractivity contribution in [1.82, 2.24) is 0 Å². The lowest BCUT2D eigenvalue weighted by Crippen LogP contribution is -2.41. The molecule has 0 N–H and O–H groups in total. The van der Waals surface area contributed by atoms with Crippen molar-refractivity contribution in [2.24, 2.45) is 0 Å². The van der Waals surface area contributed by atoms with Crippen LogP contribution in [0.4, 0.5) is 17.1 Å². The summed E-state index contributed by atoms with van der Waals surface area (Å²) >= 11 is 0. The van der Waals surface area contributed by atoms with Crippen LogP contribution in [0.1, 0.15) is 52.7 Å². The minimum Gasteiger partial charge on any atom is -0.399 e. The lowest BCUT2D eigenvalue weighted by molar-refractivity contribution is 0.00578. The number of hydrogen-bond acceptors (Lipinski definition) is 3. The van der Waals surface area contributed by atoms with E-state index in [2.05, 4.69) is 192 Å². The van der Waals surface area contributed by atoms with Crippen molar-refractivity contribution in [2.45, 2.75) is 58.2 Å². The third-order valence-electron chi connectivity index (χ3n) is 10.9. The van der Waals surface area contributed by atoms with Gasteiger partial charge in [-0.05, 0) is 102 Å². The van der Waals surface area contributed by atoms with Crippen molar-refractivity contribution >= 4 is 29.6 Å². The van der Waals surface area contributed by atoms with E-state index >= 15 is 0 Å². The van der Waals surface area contributed by atoms with E-state index in [1.165, 1.54) is 44.5 Å². The van der Waals surface area contributed by atoms with Gasteiger partial charge < -0.3 is 14.2 Å². The van der Waals surface area contributed by atoms with Crippen molar-refractivity contribution in [3.8, 4) is 33.4 Å². The summed E-state index contributed by atoms with van der Waals surface area (Å²) in [6.07, 6.45) is 0. The predicted molar refractivity (Wildman–Crippen MR) is 205 cm³/mol. The van der Waals surface area contributed by atoms with E-state index in [1.54, 1.807) is 0 Å². The molecule has 0 unspecified atom stereocenters. The third kappa shape index (κ3) is 5.31. The van der Waals surface area contributed by atoms with Crippen LogP contribution in [0.3, 0.4) is 0 Å². The first-order valence-corrected chi connectivity index (χ1v) is 17.3. The molecule has 6 aromatic rings. The number of rotatable bonds is 6.